The van der Waals surface area contributed by atoms with Gasteiger partial charge in [-0.3, -0.25) is 4.79 Å². The quantitative estimate of drug-likeness (QED) is 0.578. The van der Waals surface area contributed by atoms with Crippen molar-refractivity contribution in [3.8, 4) is 5.75 Å². The number of rotatable bonds is 7. The number of nitrogens with zero attached hydrogens (tertiary/aromatic N) is 1. The van der Waals surface area contributed by atoms with Crippen molar-refractivity contribution in [2.24, 2.45) is 0 Å². The van der Waals surface area contributed by atoms with Gasteiger partial charge in [-0.25, -0.2) is 8.42 Å². The molecule has 0 saturated carbocycles. The van der Waals surface area contributed by atoms with E-state index in [0.29, 0.717) is 19.0 Å². The highest BCUT2D eigenvalue weighted by Gasteiger charge is 2.28. The minimum atomic E-state index is -3.76. The van der Waals surface area contributed by atoms with E-state index in [4.69, 9.17) is 9.47 Å². The summed E-state index contributed by atoms with van der Waals surface area (Å²) < 4.78 is 38.3. The maximum Gasteiger partial charge on any atom is 0.255 e. The Kier molecular flexibility index (Phi) is 7.08. The molecule has 1 fully saturated rings. The Balaban J connectivity index is 1.68. The Morgan fingerprint density at radius 2 is 1.52 bits per heavy atom. The number of methoxy groups -OCH3 is 1. The van der Waals surface area contributed by atoms with Crippen molar-refractivity contribution >= 4 is 15.9 Å². The highest BCUT2D eigenvalue weighted by Crippen LogP contribution is 2.27. The van der Waals surface area contributed by atoms with Crippen LogP contribution in [0.4, 0.5) is 0 Å². The van der Waals surface area contributed by atoms with Crippen LogP contribution in [0.1, 0.15) is 27.5 Å². The van der Waals surface area contributed by atoms with Gasteiger partial charge >= 0.3 is 0 Å². The number of nitrogens with one attached hydrogen (secondary N) is 1. The van der Waals surface area contributed by atoms with E-state index in [-0.39, 0.29) is 23.5 Å². The maximum absolute atomic E-state index is 13.4. The second-order valence-electron chi connectivity index (χ2n) is 7.61. The van der Waals surface area contributed by atoms with Crippen LogP contribution < -0.4 is 10.1 Å². The summed E-state index contributed by atoms with van der Waals surface area (Å²) in [6.45, 7) is 1.25. The van der Waals surface area contributed by atoms with E-state index in [1.807, 2.05) is 60.7 Å². The van der Waals surface area contributed by atoms with Gasteiger partial charge < -0.3 is 14.8 Å². The number of morpholine rings is 1. The van der Waals surface area contributed by atoms with Crippen LogP contribution in [0.15, 0.2) is 83.8 Å². The summed E-state index contributed by atoms with van der Waals surface area (Å²) in [7, 11) is -2.31. The molecule has 7 nitrogen and oxygen atoms in total. The molecule has 4 rings (SSSR count). The first-order valence-electron chi connectivity index (χ1n) is 10.7. The fourth-order valence-corrected chi connectivity index (χ4v) is 5.25. The van der Waals surface area contributed by atoms with Crippen LogP contribution in [-0.2, 0) is 14.8 Å². The second-order valence-corrected chi connectivity index (χ2v) is 9.54. The molecule has 1 aliphatic rings. The van der Waals surface area contributed by atoms with E-state index >= 15 is 0 Å². The van der Waals surface area contributed by atoms with Crippen molar-refractivity contribution in [3.05, 3.63) is 95.6 Å². The molecule has 33 heavy (non-hydrogen) atoms. The molecule has 1 heterocycles. The molecule has 0 aromatic heterocycles. The number of ether oxygens (including phenoxy) is 2. The predicted octanol–water partition coefficient (Wildman–Crippen LogP) is 3.24. The number of amides is 1. The van der Waals surface area contributed by atoms with E-state index in [1.165, 1.54) is 29.6 Å². The lowest BCUT2D eigenvalue weighted by Gasteiger charge is -2.26. The van der Waals surface area contributed by atoms with Gasteiger partial charge in [-0.05, 0) is 29.3 Å². The average molecular weight is 467 g/mol. The molecule has 0 bridgehead atoms. The number of benzene rings is 3. The molecular weight excluding hydrogens is 440 g/mol. The normalized spacial score (nSPS) is 14.7. The van der Waals surface area contributed by atoms with Crippen molar-refractivity contribution in [2.45, 2.75) is 10.9 Å². The molecule has 0 aliphatic carbocycles. The highest BCUT2D eigenvalue weighted by atomic mass is 32.2. The summed E-state index contributed by atoms with van der Waals surface area (Å²) in [6, 6.07) is 23.2. The largest absolute Gasteiger partial charge is 0.496 e. The van der Waals surface area contributed by atoms with Crippen LogP contribution >= 0.6 is 0 Å². The monoisotopic (exact) mass is 466 g/mol. The number of sulfonamides is 1. The van der Waals surface area contributed by atoms with E-state index in [2.05, 4.69) is 5.32 Å². The molecule has 0 spiro atoms. The molecule has 0 atom stereocenters. The van der Waals surface area contributed by atoms with Crippen LogP contribution in [0.5, 0.6) is 5.75 Å². The summed E-state index contributed by atoms with van der Waals surface area (Å²) in [5, 5.41) is 3.05. The maximum atomic E-state index is 13.4. The van der Waals surface area contributed by atoms with E-state index in [9.17, 15) is 13.2 Å². The Morgan fingerprint density at radius 1 is 0.939 bits per heavy atom. The third-order valence-electron chi connectivity index (χ3n) is 5.56. The van der Waals surface area contributed by atoms with Gasteiger partial charge in [-0.1, -0.05) is 60.7 Å². The predicted molar refractivity (Wildman–Crippen MR) is 125 cm³/mol. The Bertz CT molecular complexity index is 1150. The highest BCUT2D eigenvalue weighted by molar-refractivity contribution is 7.89. The second kappa shape index (κ2) is 10.2. The number of carbonyl (C=O) groups is 1. The van der Waals surface area contributed by atoms with Crippen molar-refractivity contribution < 1.29 is 22.7 Å². The van der Waals surface area contributed by atoms with Gasteiger partial charge in [0.2, 0.25) is 10.0 Å². The van der Waals surface area contributed by atoms with Crippen molar-refractivity contribution in [1.82, 2.24) is 9.62 Å². The van der Waals surface area contributed by atoms with Gasteiger partial charge in [-0.2, -0.15) is 4.31 Å². The third kappa shape index (κ3) is 5.08. The molecule has 8 heteroatoms. The van der Waals surface area contributed by atoms with Gasteiger partial charge in [-0.15, -0.1) is 0 Å². The summed E-state index contributed by atoms with van der Waals surface area (Å²) in [5.74, 6) is -0.128. The van der Waals surface area contributed by atoms with Crippen molar-refractivity contribution in [1.29, 1.82) is 0 Å². The fourth-order valence-electron chi connectivity index (χ4n) is 3.82. The van der Waals surface area contributed by atoms with Gasteiger partial charge in [0, 0.05) is 13.1 Å². The molecular formula is C25H26N2O5S. The average Bonchev–Trinajstić information content (AvgIpc) is 2.88. The SMILES string of the molecule is COc1ccc(S(=O)(=O)N2CCOCC2)cc1C(=O)NC(c1ccccc1)c1ccccc1. The molecule has 0 unspecified atom stereocenters. The van der Waals surface area contributed by atoms with Gasteiger partial charge in [0.1, 0.15) is 5.75 Å². The molecule has 172 valence electrons. The zero-order valence-corrected chi connectivity index (χ0v) is 19.1. The summed E-state index contributed by atoms with van der Waals surface area (Å²) in [5.41, 5.74) is 1.98. The van der Waals surface area contributed by atoms with Crippen LogP contribution in [-0.4, -0.2) is 52.0 Å². The zero-order valence-electron chi connectivity index (χ0n) is 18.3. The number of carbonyl (C=O) groups excluding carboxylic acids is 1. The van der Waals surface area contributed by atoms with Crippen LogP contribution in [0.2, 0.25) is 0 Å². The Morgan fingerprint density at radius 3 is 2.06 bits per heavy atom. The van der Waals surface area contributed by atoms with Crippen molar-refractivity contribution in [3.63, 3.8) is 0 Å². The smallest absolute Gasteiger partial charge is 0.255 e. The van der Waals surface area contributed by atoms with Gasteiger partial charge in [0.15, 0.2) is 0 Å². The lowest BCUT2D eigenvalue weighted by Crippen LogP contribution is -2.40. The van der Waals surface area contributed by atoms with Crippen LogP contribution in [0, 0.1) is 0 Å². The molecule has 0 radical (unpaired) electrons. The first kappa shape index (κ1) is 23.0. The molecule has 3 aromatic rings. The van der Waals surface area contributed by atoms with Crippen LogP contribution in [0.3, 0.4) is 0 Å². The first-order chi connectivity index (χ1) is 16.0. The minimum absolute atomic E-state index is 0.0475. The van der Waals surface area contributed by atoms with Gasteiger partial charge in [0.05, 0.1) is 36.8 Å². The van der Waals surface area contributed by atoms with E-state index in [1.54, 1.807) is 0 Å². The number of hydrogen-bond donors (Lipinski definition) is 1. The van der Waals surface area contributed by atoms with E-state index in [0.717, 1.165) is 11.1 Å². The summed E-state index contributed by atoms with van der Waals surface area (Å²) >= 11 is 0. The summed E-state index contributed by atoms with van der Waals surface area (Å²) in [6.07, 6.45) is 0. The molecule has 1 amide bonds. The fraction of sp³-hybridized carbons (Fsp3) is 0.240. The van der Waals surface area contributed by atoms with Crippen molar-refractivity contribution in [2.75, 3.05) is 33.4 Å². The lowest BCUT2D eigenvalue weighted by molar-refractivity contribution is 0.0730. The molecule has 3 aromatic carbocycles. The molecule has 1 N–H and O–H groups in total. The Labute approximate surface area is 194 Å². The van der Waals surface area contributed by atoms with Crippen LogP contribution in [0.25, 0.3) is 0 Å². The van der Waals surface area contributed by atoms with E-state index < -0.39 is 22.0 Å². The number of hydrogen-bond acceptors (Lipinski definition) is 5. The first-order valence-corrected chi connectivity index (χ1v) is 12.1. The lowest BCUT2D eigenvalue weighted by atomic mass is 9.98. The molecule has 1 aliphatic heterocycles. The van der Waals surface area contributed by atoms with Gasteiger partial charge in [0.25, 0.3) is 5.91 Å². The zero-order chi connectivity index (χ0) is 23.3. The standard InChI is InChI=1S/C25H26N2O5S/c1-31-23-13-12-21(33(29,30)27-14-16-32-17-15-27)18-22(23)25(28)26-24(19-8-4-2-5-9-19)20-10-6-3-7-11-20/h2-13,18,24H,14-17H2,1H3,(H,26,28). The molecule has 1 saturated heterocycles. The minimum Gasteiger partial charge on any atom is -0.496 e. The summed E-state index contributed by atoms with van der Waals surface area (Å²) in [4.78, 5) is 13.5. The third-order valence-corrected chi connectivity index (χ3v) is 7.46. The topological polar surface area (TPSA) is 84.9 Å². The Hall–Kier alpha value is -3.20.